The molecule has 1 aromatic carbocycles. The molecule has 1 amide bonds. The molecule has 0 aromatic heterocycles. The number of nitrogens with one attached hydrogen (secondary N) is 2. The molecule has 0 saturated heterocycles. The summed E-state index contributed by atoms with van der Waals surface area (Å²) in [5, 5.41) is 2.65. The van der Waals surface area contributed by atoms with Crippen LogP contribution >= 0.6 is 0 Å². The zero-order valence-electron chi connectivity index (χ0n) is 10.5. The largest absolute Gasteiger partial charge is 0.760 e. The molecule has 0 saturated carbocycles. The quantitative estimate of drug-likeness (QED) is 0.427. The molecule has 0 bridgehead atoms. The average molecular weight is 281 g/mol. The van der Waals surface area contributed by atoms with Gasteiger partial charge in [-0.15, -0.1) is 0 Å². The minimum Gasteiger partial charge on any atom is -0.760 e. The fraction of sp³-hybridized carbons (Fsp3) is 0.308. The van der Waals surface area contributed by atoms with E-state index in [1.54, 1.807) is 0 Å². The van der Waals surface area contributed by atoms with Gasteiger partial charge in [0.15, 0.2) is 0 Å². The van der Waals surface area contributed by atoms with E-state index in [9.17, 15) is 13.6 Å². The Balaban J connectivity index is 2.49. The van der Waals surface area contributed by atoms with E-state index in [0.717, 1.165) is 5.56 Å². The molecule has 2 N–H and O–H groups in total. The molecule has 0 aliphatic rings. The lowest BCUT2D eigenvalue weighted by molar-refractivity contribution is -0.116. The maximum Gasteiger partial charge on any atom is 0.243 e. The topological polar surface area (TPSA) is 81.3 Å². The zero-order valence-corrected chi connectivity index (χ0v) is 11.3. The van der Waals surface area contributed by atoms with Crippen molar-refractivity contribution in [3.05, 3.63) is 48.6 Å². The van der Waals surface area contributed by atoms with Crippen molar-refractivity contribution in [2.75, 3.05) is 6.54 Å². The molecule has 2 atom stereocenters. The second kappa shape index (κ2) is 8.58. The van der Waals surface area contributed by atoms with E-state index < -0.39 is 11.3 Å². The van der Waals surface area contributed by atoms with Crippen molar-refractivity contribution in [3.63, 3.8) is 0 Å². The van der Waals surface area contributed by atoms with E-state index in [0.29, 0.717) is 19.4 Å². The molecule has 6 heteroatoms. The lowest BCUT2D eigenvalue weighted by Gasteiger charge is -2.20. The van der Waals surface area contributed by atoms with Crippen molar-refractivity contribution in [1.29, 1.82) is 0 Å². The predicted molar refractivity (Wildman–Crippen MR) is 73.7 cm³/mol. The van der Waals surface area contributed by atoms with Gasteiger partial charge < -0.3 is 9.87 Å². The Morgan fingerprint density at radius 2 is 2.11 bits per heavy atom. The van der Waals surface area contributed by atoms with Gasteiger partial charge in [-0.2, -0.15) is 0 Å². The van der Waals surface area contributed by atoms with Gasteiger partial charge in [0.05, 0.1) is 0 Å². The monoisotopic (exact) mass is 281 g/mol. The first kappa shape index (κ1) is 15.6. The summed E-state index contributed by atoms with van der Waals surface area (Å²) in [4.78, 5) is 11.0. The van der Waals surface area contributed by atoms with E-state index in [-0.39, 0.29) is 11.9 Å². The number of carbonyl (C=O) groups is 1. The van der Waals surface area contributed by atoms with E-state index in [1.165, 1.54) is 6.08 Å². The first-order valence-electron chi connectivity index (χ1n) is 5.94. The molecule has 0 fully saturated rings. The summed E-state index contributed by atoms with van der Waals surface area (Å²) < 4.78 is 24.0. The minimum absolute atomic E-state index is 0.225. The first-order chi connectivity index (χ1) is 9.13. The summed E-state index contributed by atoms with van der Waals surface area (Å²) >= 11 is -2.32. The van der Waals surface area contributed by atoms with Crippen molar-refractivity contribution in [3.8, 4) is 0 Å². The molecular formula is C13H17N2O3S-. The highest BCUT2D eigenvalue weighted by Crippen LogP contribution is 2.18. The molecule has 0 spiro atoms. The molecular weight excluding hydrogens is 264 g/mol. The Bertz CT molecular complexity index is 437. The molecule has 0 aliphatic carbocycles. The lowest BCUT2D eigenvalue weighted by Crippen LogP contribution is -2.26. The van der Waals surface area contributed by atoms with Crippen LogP contribution in [0.2, 0.25) is 0 Å². The van der Waals surface area contributed by atoms with Gasteiger partial charge in [0.25, 0.3) is 0 Å². The summed E-state index contributed by atoms with van der Waals surface area (Å²) in [6.45, 7) is 3.84. The van der Waals surface area contributed by atoms with E-state index >= 15 is 0 Å². The summed E-state index contributed by atoms with van der Waals surface area (Å²) in [5.74, 6) is -0.225. The first-order valence-corrected chi connectivity index (χ1v) is 7.01. The van der Waals surface area contributed by atoms with Crippen molar-refractivity contribution in [1.82, 2.24) is 10.0 Å². The van der Waals surface area contributed by atoms with E-state index in [1.807, 2.05) is 30.3 Å². The van der Waals surface area contributed by atoms with Gasteiger partial charge in [-0.05, 0) is 24.5 Å². The van der Waals surface area contributed by atoms with Crippen LogP contribution in [0.1, 0.15) is 24.4 Å². The SMILES string of the molecule is C=CC(=O)NCCCC(NS(=O)[O-])c1ccccc1. The van der Waals surface area contributed by atoms with Crippen LogP contribution < -0.4 is 10.0 Å². The average Bonchev–Trinajstić information content (AvgIpc) is 2.42. The van der Waals surface area contributed by atoms with Crippen molar-refractivity contribution in [2.45, 2.75) is 18.9 Å². The number of hydrogen-bond acceptors (Lipinski definition) is 3. The standard InChI is InChI=1S/C13H18N2O3S/c1-2-13(16)14-10-6-9-12(15-19(17)18)11-7-4-3-5-8-11/h2-5,7-8,12,15H,1,6,9-10H2,(H,14,16)(H,17,18)/p-1. The highest BCUT2D eigenvalue weighted by molar-refractivity contribution is 7.77. The Morgan fingerprint density at radius 1 is 1.42 bits per heavy atom. The number of benzene rings is 1. The normalized spacial score (nSPS) is 13.5. The lowest BCUT2D eigenvalue weighted by atomic mass is 10.0. The Morgan fingerprint density at radius 3 is 2.68 bits per heavy atom. The van der Waals surface area contributed by atoms with Crippen molar-refractivity contribution < 1.29 is 13.6 Å². The fourth-order valence-corrected chi connectivity index (χ4v) is 2.17. The Hall–Kier alpha value is -1.50. The maximum absolute atomic E-state index is 11.0. The fourth-order valence-electron chi connectivity index (χ4n) is 1.69. The van der Waals surface area contributed by atoms with Crippen LogP contribution in [0.4, 0.5) is 0 Å². The highest BCUT2D eigenvalue weighted by atomic mass is 32.2. The summed E-state index contributed by atoms with van der Waals surface area (Å²) in [6, 6.07) is 9.05. The van der Waals surface area contributed by atoms with E-state index in [2.05, 4.69) is 16.6 Å². The van der Waals surface area contributed by atoms with Crippen LogP contribution in [0, 0.1) is 0 Å². The summed E-state index contributed by atoms with van der Waals surface area (Å²) in [6.07, 6.45) is 2.48. The third-order valence-electron chi connectivity index (χ3n) is 2.59. The molecule has 0 aliphatic heterocycles. The van der Waals surface area contributed by atoms with Crippen LogP contribution in [-0.2, 0) is 16.1 Å². The number of rotatable bonds is 8. The van der Waals surface area contributed by atoms with Crippen molar-refractivity contribution >= 4 is 17.2 Å². The van der Waals surface area contributed by atoms with Crippen LogP contribution in [0.3, 0.4) is 0 Å². The third-order valence-corrected chi connectivity index (χ3v) is 3.07. The van der Waals surface area contributed by atoms with Gasteiger partial charge >= 0.3 is 0 Å². The van der Waals surface area contributed by atoms with Crippen LogP contribution in [0.5, 0.6) is 0 Å². The van der Waals surface area contributed by atoms with Crippen molar-refractivity contribution in [2.24, 2.45) is 0 Å². The summed E-state index contributed by atoms with van der Waals surface area (Å²) in [7, 11) is 0. The van der Waals surface area contributed by atoms with E-state index in [4.69, 9.17) is 0 Å². The maximum atomic E-state index is 11.0. The second-order valence-electron chi connectivity index (χ2n) is 3.95. The van der Waals surface area contributed by atoms with Gasteiger partial charge in [-0.1, -0.05) is 36.9 Å². The predicted octanol–water partition coefficient (Wildman–Crippen LogP) is 1.19. The number of hydrogen-bond donors (Lipinski definition) is 2. The second-order valence-corrected chi connectivity index (χ2v) is 4.66. The molecule has 19 heavy (non-hydrogen) atoms. The number of amides is 1. The molecule has 2 unspecified atom stereocenters. The van der Waals surface area contributed by atoms with Gasteiger partial charge in [0, 0.05) is 23.9 Å². The van der Waals surface area contributed by atoms with Crippen LogP contribution in [0.15, 0.2) is 43.0 Å². The Labute approximate surface area is 115 Å². The molecule has 0 radical (unpaired) electrons. The summed E-state index contributed by atoms with van der Waals surface area (Å²) in [5.41, 5.74) is 0.904. The van der Waals surface area contributed by atoms with Gasteiger partial charge in [-0.3, -0.25) is 9.00 Å². The van der Waals surface area contributed by atoms with Gasteiger partial charge in [-0.25, -0.2) is 4.72 Å². The van der Waals surface area contributed by atoms with Gasteiger partial charge in [0.2, 0.25) is 5.91 Å². The third kappa shape index (κ3) is 6.28. The number of carbonyl (C=O) groups excluding carboxylic acids is 1. The minimum atomic E-state index is -2.32. The molecule has 104 valence electrons. The zero-order chi connectivity index (χ0) is 14.1. The highest BCUT2D eigenvalue weighted by Gasteiger charge is 2.10. The molecule has 0 heterocycles. The smallest absolute Gasteiger partial charge is 0.243 e. The Kier molecular flexibility index (Phi) is 7.02. The van der Waals surface area contributed by atoms with Gasteiger partial charge in [0.1, 0.15) is 0 Å². The molecule has 5 nitrogen and oxygen atoms in total. The molecule has 1 aromatic rings. The molecule has 1 rings (SSSR count). The van der Waals surface area contributed by atoms with Crippen LogP contribution in [-0.4, -0.2) is 21.2 Å². The van der Waals surface area contributed by atoms with Crippen LogP contribution in [0.25, 0.3) is 0 Å².